The highest BCUT2D eigenvalue weighted by Gasteiger charge is 2.45. The smallest absolute Gasteiger partial charge is 0.260 e. The number of aromatic nitrogens is 3. The van der Waals surface area contributed by atoms with Crippen molar-refractivity contribution in [3.63, 3.8) is 0 Å². The highest BCUT2D eigenvalue weighted by atomic mass is 16.5. The molecule has 0 bridgehead atoms. The zero-order chi connectivity index (χ0) is 24.7. The Hall–Kier alpha value is -3.75. The van der Waals surface area contributed by atoms with Crippen molar-refractivity contribution < 1.29 is 18.8 Å². The Morgan fingerprint density at radius 1 is 1.08 bits per heavy atom. The van der Waals surface area contributed by atoms with Gasteiger partial charge in [-0.3, -0.25) is 14.6 Å². The topological polar surface area (TPSA) is 110 Å². The number of carbonyl (C=O) groups excluding carboxylic acids is 2. The van der Waals surface area contributed by atoms with Crippen LogP contribution in [0, 0.1) is 5.92 Å². The molecule has 0 unspecified atom stereocenters. The average molecular weight is 490 g/mol. The van der Waals surface area contributed by atoms with Crippen LogP contribution in [0.3, 0.4) is 0 Å². The summed E-state index contributed by atoms with van der Waals surface area (Å²) in [7, 11) is 0. The lowest BCUT2D eigenvalue weighted by molar-refractivity contribution is -0.138. The van der Waals surface area contributed by atoms with Crippen molar-refractivity contribution in [3.05, 3.63) is 60.7 Å². The van der Waals surface area contributed by atoms with Crippen molar-refractivity contribution in [3.8, 4) is 17.1 Å². The molecule has 2 fully saturated rings. The van der Waals surface area contributed by atoms with Gasteiger partial charge in [-0.1, -0.05) is 36.2 Å². The van der Waals surface area contributed by atoms with E-state index in [1.807, 2.05) is 47.4 Å². The molecule has 2 aliphatic rings. The predicted octanol–water partition coefficient (Wildman–Crippen LogP) is 3.59. The van der Waals surface area contributed by atoms with Crippen LogP contribution in [0.25, 0.3) is 11.4 Å². The quantitative estimate of drug-likeness (QED) is 0.583. The fraction of sp³-hybridized carbons (Fsp3) is 0.444. The summed E-state index contributed by atoms with van der Waals surface area (Å²) in [5.41, 5.74) is 0.772. The van der Waals surface area contributed by atoms with Crippen LogP contribution in [0.5, 0.6) is 5.75 Å². The van der Waals surface area contributed by atoms with Gasteiger partial charge >= 0.3 is 0 Å². The Bertz CT molecular complexity index is 1150. The second-order valence-corrected chi connectivity index (χ2v) is 9.43. The molecule has 2 amide bonds. The summed E-state index contributed by atoms with van der Waals surface area (Å²) in [5, 5.41) is 7.23. The molecule has 3 heterocycles. The monoisotopic (exact) mass is 489 g/mol. The lowest BCUT2D eigenvalue weighted by Crippen LogP contribution is -2.48. The van der Waals surface area contributed by atoms with Crippen LogP contribution < -0.4 is 10.1 Å². The third-order valence-electron chi connectivity index (χ3n) is 7.03. The number of pyridine rings is 1. The first-order valence-corrected chi connectivity index (χ1v) is 12.7. The summed E-state index contributed by atoms with van der Waals surface area (Å²) in [6.07, 6.45) is 8.39. The number of para-hydroxylation sites is 1. The largest absolute Gasteiger partial charge is 0.484 e. The number of amides is 2. The zero-order valence-electron chi connectivity index (χ0n) is 20.2. The minimum absolute atomic E-state index is 0.0156. The molecule has 1 N–H and O–H groups in total. The maximum Gasteiger partial charge on any atom is 0.260 e. The van der Waals surface area contributed by atoms with Gasteiger partial charge in [-0.25, -0.2) is 0 Å². The molecule has 1 saturated heterocycles. The van der Waals surface area contributed by atoms with Crippen LogP contribution in [0.2, 0.25) is 0 Å². The van der Waals surface area contributed by atoms with Gasteiger partial charge in [0.15, 0.2) is 6.61 Å². The molecule has 1 aromatic carbocycles. The van der Waals surface area contributed by atoms with E-state index in [1.54, 1.807) is 12.4 Å². The molecule has 9 nitrogen and oxygen atoms in total. The summed E-state index contributed by atoms with van der Waals surface area (Å²) >= 11 is 0. The van der Waals surface area contributed by atoms with E-state index in [1.165, 1.54) is 0 Å². The normalized spacial score (nSPS) is 22.8. The van der Waals surface area contributed by atoms with Crippen molar-refractivity contribution in [1.82, 2.24) is 25.3 Å². The number of nitrogens with one attached hydrogen (secondary N) is 1. The molecular weight excluding hydrogens is 458 g/mol. The van der Waals surface area contributed by atoms with Crippen LogP contribution in [0.4, 0.5) is 0 Å². The predicted molar refractivity (Wildman–Crippen MR) is 132 cm³/mol. The van der Waals surface area contributed by atoms with E-state index in [0.717, 1.165) is 31.2 Å². The Balaban J connectivity index is 1.36. The van der Waals surface area contributed by atoms with Crippen molar-refractivity contribution in [2.45, 2.75) is 50.5 Å². The third kappa shape index (κ3) is 5.56. The molecule has 2 aromatic heterocycles. The first-order valence-electron chi connectivity index (χ1n) is 12.7. The number of hydrogen-bond donors (Lipinski definition) is 1. The van der Waals surface area contributed by atoms with Crippen molar-refractivity contribution in [1.29, 1.82) is 0 Å². The second kappa shape index (κ2) is 11.3. The van der Waals surface area contributed by atoms with Gasteiger partial charge in [-0.2, -0.15) is 4.98 Å². The van der Waals surface area contributed by atoms with E-state index in [9.17, 15) is 9.59 Å². The van der Waals surface area contributed by atoms with E-state index < -0.39 is 0 Å². The Labute approximate surface area is 210 Å². The number of hydrogen-bond acceptors (Lipinski definition) is 7. The molecule has 1 saturated carbocycles. The van der Waals surface area contributed by atoms with Crippen LogP contribution >= 0.6 is 0 Å². The van der Waals surface area contributed by atoms with Crippen LogP contribution in [0.1, 0.15) is 50.3 Å². The highest BCUT2D eigenvalue weighted by Crippen LogP contribution is 2.41. The molecule has 9 heteroatoms. The number of carbonyl (C=O) groups is 2. The van der Waals surface area contributed by atoms with Gasteiger partial charge in [0.1, 0.15) is 5.75 Å². The zero-order valence-corrected chi connectivity index (χ0v) is 20.2. The van der Waals surface area contributed by atoms with Crippen molar-refractivity contribution in [2.24, 2.45) is 5.92 Å². The number of nitrogens with zero attached hydrogens (tertiary/aromatic N) is 4. The van der Waals surface area contributed by atoms with Crippen LogP contribution in [-0.2, 0) is 9.59 Å². The maximum atomic E-state index is 13.4. The van der Waals surface area contributed by atoms with Gasteiger partial charge in [0.25, 0.3) is 5.91 Å². The lowest BCUT2D eigenvalue weighted by Gasteiger charge is -2.32. The standard InChI is InChI=1S/C27H31N5O4/c33-24(18-35-21-10-4-3-5-11-21)32-14-7-2-1-6-13-29-26(34)22-15-20(16-23(22)32)27-30-25(31-36-27)19-9-8-12-28-17-19/h3-5,8-12,17,20,22-23H,1-2,6-7,13-16,18H2,(H,29,34)/t20-,22-,23+/m1/s1. The summed E-state index contributed by atoms with van der Waals surface area (Å²) in [6.45, 7) is 1.19. The number of ether oxygens (including phenoxy) is 1. The third-order valence-corrected chi connectivity index (χ3v) is 7.03. The first kappa shape index (κ1) is 24.0. The second-order valence-electron chi connectivity index (χ2n) is 9.43. The number of rotatable bonds is 5. The number of benzene rings is 1. The highest BCUT2D eigenvalue weighted by molar-refractivity contribution is 5.83. The minimum Gasteiger partial charge on any atom is -0.484 e. The Kier molecular flexibility index (Phi) is 7.54. The first-order chi connectivity index (χ1) is 17.7. The minimum atomic E-state index is -0.345. The molecule has 0 spiro atoms. The van der Waals surface area contributed by atoms with E-state index in [-0.39, 0.29) is 36.3 Å². The molecule has 188 valence electrons. The van der Waals surface area contributed by atoms with Gasteiger partial charge in [0, 0.05) is 43.0 Å². The Morgan fingerprint density at radius 3 is 2.78 bits per heavy atom. The van der Waals surface area contributed by atoms with E-state index in [2.05, 4.69) is 20.4 Å². The van der Waals surface area contributed by atoms with Gasteiger partial charge in [-0.05, 0) is 49.9 Å². The average Bonchev–Trinajstić information content (AvgIpc) is 3.57. The summed E-state index contributed by atoms with van der Waals surface area (Å²) in [6, 6.07) is 12.8. The van der Waals surface area contributed by atoms with Crippen molar-refractivity contribution >= 4 is 11.8 Å². The van der Waals surface area contributed by atoms with Gasteiger partial charge in [0.2, 0.25) is 17.6 Å². The summed E-state index contributed by atoms with van der Waals surface area (Å²) < 4.78 is 11.4. The van der Waals surface area contributed by atoms with Crippen LogP contribution in [0.15, 0.2) is 59.4 Å². The van der Waals surface area contributed by atoms with Gasteiger partial charge < -0.3 is 19.5 Å². The SMILES string of the molecule is O=C1NCCCCCCN(C(=O)COc2ccccc2)[C@H]2C[C@H](c3nc(-c4cccnc4)no3)C[C@@H]12. The molecule has 0 radical (unpaired) electrons. The lowest BCUT2D eigenvalue weighted by atomic mass is 10.00. The molecule has 5 rings (SSSR count). The van der Waals surface area contributed by atoms with E-state index in [0.29, 0.717) is 43.4 Å². The molecular formula is C27H31N5O4. The van der Waals surface area contributed by atoms with Gasteiger partial charge in [0.05, 0.1) is 5.92 Å². The van der Waals surface area contributed by atoms with Gasteiger partial charge in [-0.15, -0.1) is 0 Å². The molecule has 1 aliphatic heterocycles. The summed E-state index contributed by atoms with van der Waals surface area (Å²) in [4.78, 5) is 37.2. The van der Waals surface area contributed by atoms with Crippen LogP contribution in [-0.4, -0.2) is 57.6 Å². The Morgan fingerprint density at radius 2 is 1.94 bits per heavy atom. The number of fused-ring (bicyclic) bond motifs is 1. The van der Waals surface area contributed by atoms with E-state index >= 15 is 0 Å². The molecule has 3 atom stereocenters. The van der Waals surface area contributed by atoms with E-state index in [4.69, 9.17) is 9.26 Å². The van der Waals surface area contributed by atoms with Crippen molar-refractivity contribution in [2.75, 3.05) is 19.7 Å². The maximum absolute atomic E-state index is 13.4. The fourth-order valence-electron chi connectivity index (χ4n) is 5.18. The molecule has 1 aliphatic carbocycles. The molecule has 36 heavy (non-hydrogen) atoms. The molecule has 3 aromatic rings. The fourth-order valence-corrected chi connectivity index (χ4v) is 5.18. The summed E-state index contributed by atoms with van der Waals surface area (Å²) in [5.74, 6) is 1.03.